The number of hydrogen-bond acceptors (Lipinski definition) is 3. The highest BCUT2D eigenvalue weighted by molar-refractivity contribution is 5.83. The van der Waals surface area contributed by atoms with Gasteiger partial charge in [-0.25, -0.2) is 0 Å². The minimum atomic E-state index is -4.40. The Kier molecular flexibility index (Phi) is 6.96. The summed E-state index contributed by atoms with van der Waals surface area (Å²) in [6.45, 7) is 3.81. The van der Waals surface area contributed by atoms with Crippen LogP contribution in [0.3, 0.4) is 0 Å². The first-order valence-corrected chi connectivity index (χ1v) is 10.0. The predicted molar refractivity (Wildman–Crippen MR) is 98.6 cm³/mol. The van der Waals surface area contributed by atoms with Crippen molar-refractivity contribution in [2.45, 2.75) is 44.2 Å². The molecular formula is C20H25F6N3O. The fraction of sp³-hybridized carbons (Fsp3) is 0.650. The number of benzene rings is 1. The number of piperazine rings is 2. The van der Waals surface area contributed by atoms with E-state index < -0.39 is 24.3 Å². The van der Waals surface area contributed by atoms with Crippen LogP contribution in [0, 0.1) is 0 Å². The van der Waals surface area contributed by atoms with E-state index in [4.69, 9.17) is 0 Å². The van der Waals surface area contributed by atoms with Gasteiger partial charge in [0, 0.05) is 45.7 Å². The second-order valence-electron chi connectivity index (χ2n) is 7.88. The SMILES string of the molecule is O=C1C2CN(CCCCC(F)(F)F)CCN2CCN1Cc1ccc(C(F)(F)F)cc1. The zero-order chi connectivity index (χ0) is 21.9. The average molecular weight is 437 g/mol. The van der Waals surface area contributed by atoms with E-state index in [-0.39, 0.29) is 24.9 Å². The normalized spacial score (nSPS) is 21.7. The number of carbonyl (C=O) groups is 1. The minimum absolute atomic E-state index is 0.0718. The van der Waals surface area contributed by atoms with Crippen LogP contribution in [0.5, 0.6) is 0 Å². The molecule has 3 rings (SSSR count). The zero-order valence-electron chi connectivity index (χ0n) is 16.5. The van der Waals surface area contributed by atoms with Crippen molar-refractivity contribution in [3.63, 3.8) is 0 Å². The summed E-state index contributed by atoms with van der Waals surface area (Å²) < 4.78 is 74.9. The molecule has 1 aromatic rings. The largest absolute Gasteiger partial charge is 0.416 e. The van der Waals surface area contributed by atoms with Gasteiger partial charge in [-0.05, 0) is 37.1 Å². The van der Waals surface area contributed by atoms with Gasteiger partial charge in [0.25, 0.3) is 0 Å². The summed E-state index contributed by atoms with van der Waals surface area (Å²) in [6.07, 6.45) is -8.84. The van der Waals surface area contributed by atoms with Crippen molar-refractivity contribution >= 4 is 5.91 Å². The van der Waals surface area contributed by atoms with Gasteiger partial charge in [0.1, 0.15) is 6.04 Å². The zero-order valence-corrected chi connectivity index (χ0v) is 16.5. The number of amides is 1. The fourth-order valence-electron chi connectivity index (χ4n) is 3.99. The van der Waals surface area contributed by atoms with Gasteiger partial charge < -0.3 is 4.90 Å². The van der Waals surface area contributed by atoms with E-state index in [9.17, 15) is 31.1 Å². The summed E-state index contributed by atoms with van der Waals surface area (Å²) >= 11 is 0. The highest BCUT2D eigenvalue weighted by atomic mass is 19.4. The molecule has 1 unspecified atom stereocenters. The molecule has 0 aromatic heterocycles. The molecule has 10 heteroatoms. The number of fused-ring (bicyclic) bond motifs is 1. The molecule has 0 saturated carbocycles. The van der Waals surface area contributed by atoms with Gasteiger partial charge in [0.05, 0.1) is 5.56 Å². The van der Waals surface area contributed by atoms with Crippen molar-refractivity contribution in [1.29, 1.82) is 0 Å². The van der Waals surface area contributed by atoms with Crippen LogP contribution in [0.2, 0.25) is 0 Å². The highest BCUT2D eigenvalue weighted by Gasteiger charge is 2.38. The third-order valence-corrected chi connectivity index (χ3v) is 5.67. The molecule has 0 aliphatic carbocycles. The van der Waals surface area contributed by atoms with Gasteiger partial charge in [-0.1, -0.05) is 12.1 Å². The molecule has 2 aliphatic heterocycles. The minimum Gasteiger partial charge on any atom is -0.336 e. The molecule has 0 N–H and O–H groups in total. The Morgan fingerprint density at radius 2 is 1.57 bits per heavy atom. The number of carbonyl (C=O) groups excluding carboxylic acids is 1. The van der Waals surface area contributed by atoms with Crippen molar-refractivity contribution in [1.82, 2.24) is 14.7 Å². The van der Waals surface area contributed by atoms with Gasteiger partial charge in [0.2, 0.25) is 5.91 Å². The van der Waals surface area contributed by atoms with Crippen molar-refractivity contribution in [2.75, 3.05) is 39.3 Å². The van der Waals surface area contributed by atoms with Crippen molar-refractivity contribution in [3.05, 3.63) is 35.4 Å². The van der Waals surface area contributed by atoms with Crippen LogP contribution in [-0.4, -0.2) is 72.1 Å². The molecular weight excluding hydrogens is 412 g/mol. The third kappa shape index (κ3) is 6.10. The molecule has 1 amide bonds. The van der Waals surface area contributed by atoms with E-state index in [2.05, 4.69) is 4.90 Å². The smallest absolute Gasteiger partial charge is 0.336 e. The van der Waals surface area contributed by atoms with Crippen LogP contribution in [0.4, 0.5) is 26.3 Å². The van der Waals surface area contributed by atoms with Crippen LogP contribution in [0.15, 0.2) is 24.3 Å². The summed E-state index contributed by atoms with van der Waals surface area (Å²) in [7, 11) is 0. The first-order valence-electron chi connectivity index (χ1n) is 10.0. The molecule has 0 spiro atoms. The van der Waals surface area contributed by atoms with Gasteiger partial charge in [-0.15, -0.1) is 0 Å². The first-order chi connectivity index (χ1) is 14.0. The number of hydrogen-bond donors (Lipinski definition) is 0. The van der Waals surface area contributed by atoms with Crippen LogP contribution in [-0.2, 0) is 17.5 Å². The first kappa shape index (κ1) is 22.9. The maximum atomic E-state index is 12.9. The van der Waals surface area contributed by atoms with Crippen molar-refractivity contribution in [3.8, 4) is 0 Å². The van der Waals surface area contributed by atoms with Crippen LogP contribution >= 0.6 is 0 Å². The Hall–Kier alpha value is -1.81. The maximum absolute atomic E-state index is 12.9. The fourth-order valence-corrected chi connectivity index (χ4v) is 3.99. The summed E-state index contributed by atoms with van der Waals surface area (Å²) in [6, 6.07) is 4.44. The van der Waals surface area contributed by atoms with E-state index in [1.807, 2.05) is 4.90 Å². The van der Waals surface area contributed by atoms with E-state index in [0.717, 1.165) is 12.1 Å². The molecule has 168 valence electrons. The summed E-state index contributed by atoms with van der Waals surface area (Å²) in [5, 5.41) is 0. The van der Waals surface area contributed by atoms with Crippen molar-refractivity contribution in [2.24, 2.45) is 0 Å². The molecule has 4 nitrogen and oxygen atoms in total. The quantitative estimate of drug-likeness (QED) is 0.501. The lowest BCUT2D eigenvalue weighted by Gasteiger charge is -2.46. The molecule has 2 aliphatic rings. The van der Waals surface area contributed by atoms with Gasteiger partial charge in [-0.3, -0.25) is 14.6 Å². The van der Waals surface area contributed by atoms with Crippen molar-refractivity contribution < 1.29 is 31.1 Å². The van der Waals surface area contributed by atoms with E-state index in [1.54, 1.807) is 4.90 Å². The predicted octanol–water partition coefficient (Wildman–Crippen LogP) is 3.77. The molecule has 1 atom stereocenters. The number of halogens is 6. The van der Waals surface area contributed by atoms with Crippen LogP contribution in [0.25, 0.3) is 0 Å². The summed E-state index contributed by atoms with van der Waals surface area (Å²) in [5.41, 5.74) is -0.0968. The molecule has 2 saturated heterocycles. The molecule has 0 radical (unpaired) electrons. The molecule has 30 heavy (non-hydrogen) atoms. The summed E-state index contributed by atoms with van der Waals surface area (Å²) in [4.78, 5) is 18.7. The molecule has 1 aromatic carbocycles. The number of unbranched alkanes of at least 4 members (excludes halogenated alkanes) is 1. The Labute approximate surface area is 171 Å². The second-order valence-corrected chi connectivity index (χ2v) is 7.88. The van der Waals surface area contributed by atoms with E-state index in [1.165, 1.54) is 12.1 Å². The Bertz CT molecular complexity index is 719. The summed E-state index contributed by atoms with van der Waals surface area (Å²) in [5.74, 6) is -0.0823. The molecule has 2 fully saturated rings. The molecule has 0 bridgehead atoms. The van der Waals surface area contributed by atoms with Crippen LogP contribution in [0.1, 0.15) is 30.4 Å². The van der Waals surface area contributed by atoms with Crippen LogP contribution < -0.4 is 0 Å². The lowest BCUT2D eigenvalue weighted by Crippen LogP contribution is -2.64. The molecule has 2 heterocycles. The van der Waals surface area contributed by atoms with Gasteiger partial charge in [0.15, 0.2) is 0 Å². The topological polar surface area (TPSA) is 26.8 Å². The van der Waals surface area contributed by atoms with Gasteiger partial charge >= 0.3 is 12.4 Å². The Balaban J connectivity index is 1.53. The third-order valence-electron chi connectivity index (χ3n) is 5.67. The highest BCUT2D eigenvalue weighted by Crippen LogP contribution is 2.29. The van der Waals surface area contributed by atoms with E-state index in [0.29, 0.717) is 51.3 Å². The van der Waals surface area contributed by atoms with E-state index >= 15 is 0 Å². The second kappa shape index (κ2) is 9.13. The number of alkyl halides is 6. The lowest BCUT2D eigenvalue weighted by molar-refractivity contribution is -0.146. The Morgan fingerprint density at radius 3 is 2.20 bits per heavy atom. The monoisotopic (exact) mass is 437 g/mol. The Morgan fingerprint density at radius 1 is 0.900 bits per heavy atom. The lowest BCUT2D eigenvalue weighted by atomic mass is 10.0. The van der Waals surface area contributed by atoms with Gasteiger partial charge in [-0.2, -0.15) is 26.3 Å². The number of rotatable bonds is 6. The standard InChI is InChI=1S/C20H25F6N3O/c21-19(22,23)7-1-2-8-27-9-10-28-11-12-29(18(30)17(28)14-27)13-15-3-5-16(6-4-15)20(24,25)26/h3-6,17H,1-2,7-14H2. The number of nitrogens with zero attached hydrogens (tertiary/aromatic N) is 3. The maximum Gasteiger partial charge on any atom is 0.416 e. The average Bonchev–Trinajstić information content (AvgIpc) is 2.67.